The second-order valence-corrected chi connectivity index (χ2v) is 2.30. The third-order valence-electron chi connectivity index (χ3n) is 0.696. The third-order valence-corrected chi connectivity index (χ3v) is 0.696. The van der Waals surface area contributed by atoms with E-state index in [0.29, 0.717) is 5.92 Å². The summed E-state index contributed by atoms with van der Waals surface area (Å²) in [7, 11) is 1.00. The summed E-state index contributed by atoms with van der Waals surface area (Å²) in [5.74, 6) is 0.813. The Kier molecular flexibility index (Phi) is 18.6. The molecule has 0 radical (unpaired) electrons. The average Bonchev–Trinajstić information content (AvgIpc) is 1.68. The number of hydrogen-bond acceptors (Lipinski definition) is 2. The van der Waals surface area contributed by atoms with Gasteiger partial charge in [0, 0.05) is 13.5 Å². The summed E-state index contributed by atoms with van der Waals surface area (Å²) in [5.41, 5.74) is 0. The Balaban J connectivity index is -0.000000149. The van der Waals surface area contributed by atoms with E-state index in [1.807, 2.05) is 13.8 Å². The average molecular weight is 150 g/mol. The van der Waals surface area contributed by atoms with Crippen molar-refractivity contribution >= 4 is 5.78 Å². The van der Waals surface area contributed by atoms with Gasteiger partial charge in [-0.3, -0.25) is 0 Å². The number of Topliss-reactive ketones (excluding diaryl/α,β-unsaturated/α-hetero) is 1. The fourth-order valence-electron chi connectivity index (χ4n) is 0.575. The topological polar surface area (TPSA) is 68.8 Å². The molecule has 10 heavy (non-hydrogen) atoms. The van der Waals surface area contributed by atoms with Crippen molar-refractivity contribution in [1.29, 1.82) is 0 Å². The van der Waals surface area contributed by atoms with E-state index in [-0.39, 0.29) is 11.3 Å². The van der Waals surface area contributed by atoms with Gasteiger partial charge in [0.1, 0.15) is 5.78 Å². The lowest BCUT2D eigenvalue weighted by Gasteiger charge is -1.95. The van der Waals surface area contributed by atoms with Crippen LogP contribution in [0.25, 0.3) is 0 Å². The molecule has 0 heterocycles. The third kappa shape index (κ3) is 25.6. The highest BCUT2D eigenvalue weighted by atomic mass is 16.2. The first-order valence-electron chi connectivity index (χ1n) is 3.07. The van der Waals surface area contributed by atoms with Crippen LogP contribution in [0.15, 0.2) is 0 Å². The number of aliphatic hydroxyl groups is 1. The van der Waals surface area contributed by atoms with Crippen LogP contribution in [-0.2, 0) is 4.79 Å². The number of hydrogen-bond donors (Lipinski definition) is 1. The van der Waals surface area contributed by atoms with Gasteiger partial charge in [0.25, 0.3) is 0 Å². The van der Waals surface area contributed by atoms with Gasteiger partial charge >= 0.3 is 0 Å². The van der Waals surface area contributed by atoms with Gasteiger partial charge in [0.15, 0.2) is 0 Å². The van der Waals surface area contributed by atoms with Crippen LogP contribution >= 0.6 is 0 Å². The molecule has 0 aliphatic heterocycles. The van der Waals surface area contributed by atoms with Crippen molar-refractivity contribution in [3.8, 4) is 0 Å². The Hall–Kier alpha value is -0.410. The summed E-state index contributed by atoms with van der Waals surface area (Å²) in [4.78, 5) is 10.3. The molecule has 0 fully saturated rings. The summed E-state index contributed by atoms with van der Waals surface area (Å²) < 4.78 is 0. The van der Waals surface area contributed by atoms with E-state index in [4.69, 9.17) is 5.11 Å². The van der Waals surface area contributed by atoms with Gasteiger partial charge in [-0.1, -0.05) is 13.8 Å². The number of carbonyl (C=O) groups excluding carboxylic acids is 1. The maximum absolute atomic E-state index is 10.3. The molecule has 0 atom stereocenters. The van der Waals surface area contributed by atoms with Crippen molar-refractivity contribution in [1.82, 2.24) is 0 Å². The second kappa shape index (κ2) is 11.4. The fourth-order valence-corrected chi connectivity index (χ4v) is 0.575. The minimum atomic E-state index is 0. The van der Waals surface area contributed by atoms with Gasteiger partial charge in [0.2, 0.25) is 0 Å². The summed E-state index contributed by atoms with van der Waals surface area (Å²) >= 11 is 0. The zero-order valence-electron chi connectivity index (χ0n) is 7.14. The highest BCUT2D eigenvalue weighted by Gasteiger charge is 1.95. The van der Waals surface area contributed by atoms with E-state index >= 15 is 0 Å². The van der Waals surface area contributed by atoms with Crippen LogP contribution in [0, 0.1) is 5.92 Å². The molecule has 0 aromatic heterocycles. The van der Waals surface area contributed by atoms with Gasteiger partial charge in [-0.25, -0.2) is 0 Å². The van der Waals surface area contributed by atoms with Crippen molar-refractivity contribution in [3.63, 3.8) is 0 Å². The van der Waals surface area contributed by atoms with Crippen molar-refractivity contribution < 1.29 is 15.4 Å². The smallest absolute Gasteiger partial charge is 0.130 e. The van der Waals surface area contributed by atoms with E-state index in [1.54, 1.807) is 6.92 Å². The standard InChI is InChI=1S/C6H12O.CH4O.H2O/c1-5(2)4-6(3)7;1-2;/h5H,4H2,1-3H3;2H,1H3;1H2. The molecule has 0 aromatic rings. The zero-order chi connectivity index (χ0) is 7.86. The molecule has 0 aliphatic rings. The van der Waals surface area contributed by atoms with Crippen molar-refractivity contribution in [2.75, 3.05) is 7.11 Å². The predicted octanol–water partition coefficient (Wildman–Crippen LogP) is 0.405. The van der Waals surface area contributed by atoms with Crippen LogP contribution in [-0.4, -0.2) is 23.5 Å². The predicted molar refractivity (Wildman–Crippen MR) is 41.9 cm³/mol. The summed E-state index contributed by atoms with van der Waals surface area (Å²) in [6.45, 7) is 5.71. The van der Waals surface area contributed by atoms with Crippen LogP contribution in [0.3, 0.4) is 0 Å². The summed E-state index contributed by atoms with van der Waals surface area (Å²) in [6.07, 6.45) is 0.722. The Bertz CT molecular complexity index is 69.3. The number of rotatable bonds is 2. The summed E-state index contributed by atoms with van der Waals surface area (Å²) in [5, 5.41) is 7.00. The van der Waals surface area contributed by atoms with Gasteiger partial charge in [-0.2, -0.15) is 0 Å². The molecule has 0 rings (SSSR count). The normalized spacial score (nSPS) is 7.40. The highest BCUT2D eigenvalue weighted by Crippen LogP contribution is 1.97. The molecule has 0 aliphatic carbocycles. The molecule has 0 saturated heterocycles. The van der Waals surface area contributed by atoms with Crippen molar-refractivity contribution in [2.45, 2.75) is 27.2 Å². The van der Waals surface area contributed by atoms with E-state index in [9.17, 15) is 4.79 Å². The Labute approximate surface area is 62.4 Å². The van der Waals surface area contributed by atoms with Crippen LogP contribution in [0.1, 0.15) is 27.2 Å². The van der Waals surface area contributed by atoms with Crippen LogP contribution in [0.5, 0.6) is 0 Å². The zero-order valence-corrected chi connectivity index (χ0v) is 7.14. The largest absolute Gasteiger partial charge is 0.412 e. The van der Waals surface area contributed by atoms with Gasteiger partial charge in [-0.05, 0) is 12.8 Å². The molecule has 0 bridgehead atoms. The Morgan fingerprint density at radius 3 is 1.70 bits per heavy atom. The van der Waals surface area contributed by atoms with Crippen LogP contribution < -0.4 is 0 Å². The minimum absolute atomic E-state index is 0. The minimum Gasteiger partial charge on any atom is -0.412 e. The van der Waals surface area contributed by atoms with E-state index in [2.05, 4.69) is 0 Å². The molecule has 64 valence electrons. The quantitative estimate of drug-likeness (QED) is 0.619. The molecular weight excluding hydrogens is 132 g/mol. The Morgan fingerprint density at radius 1 is 1.40 bits per heavy atom. The number of aliphatic hydroxyl groups excluding tert-OH is 1. The van der Waals surface area contributed by atoms with Crippen LogP contribution in [0.4, 0.5) is 0 Å². The SMILES string of the molecule is CC(=O)CC(C)C.CO.O. The lowest BCUT2D eigenvalue weighted by molar-refractivity contribution is -0.117. The van der Waals surface area contributed by atoms with Crippen molar-refractivity contribution in [3.05, 3.63) is 0 Å². The van der Waals surface area contributed by atoms with E-state index < -0.39 is 0 Å². The first-order chi connectivity index (χ1) is 4.13. The molecular formula is C7H18O3. The highest BCUT2D eigenvalue weighted by molar-refractivity contribution is 5.75. The first kappa shape index (κ1) is 16.3. The Morgan fingerprint density at radius 2 is 1.70 bits per heavy atom. The molecule has 3 nitrogen and oxygen atoms in total. The van der Waals surface area contributed by atoms with E-state index in [1.165, 1.54) is 0 Å². The molecule has 0 unspecified atom stereocenters. The van der Waals surface area contributed by atoms with E-state index in [0.717, 1.165) is 13.5 Å². The first-order valence-corrected chi connectivity index (χ1v) is 3.07. The molecule has 0 spiro atoms. The fraction of sp³-hybridized carbons (Fsp3) is 0.857. The van der Waals surface area contributed by atoms with Crippen LogP contribution in [0.2, 0.25) is 0 Å². The monoisotopic (exact) mass is 150 g/mol. The molecule has 0 saturated carbocycles. The number of ketones is 1. The van der Waals surface area contributed by atoms with Gasteiger partial charge < -0.3 is 15.4 Å². The molecule has 3 N–H and O–H groups in total. The summed E-state index contributed by atoms with van der Waals surface area (Å²) in [6, 6.07) is 0. The molecule has 0 aromatic carbocycles. The lowest BCUT2D eigenvalue weighted by atomic mass is 10.1. The maximum atomic E-state index is 10.3. The maximum Gasteiger partial charge on any atom is 0.130 e. The van der Waals surface area contributed by atoms with Crippen molar-refractivity contribution in [2.24, 2.45) is 5.92 Å². The second-order valence-electron chi connectivity index (χ2n) is 2.30. The lowest BCUT2D eigenvalue weighted by Crippen LogP contribution is -1.95. The molecule has 0 amide bonds. The van der Waals surface area contributed by atoms with Gasteiger partial charge in [-0.15, -0.1) is 0 Å². The molecule has 3 heteroatoms. The number of carbonyl (C=O) groups is 1. The van der Waals surface area contributed by atoms with Gasteiger partial charge in [0.05, 0.1) is 0 Å².